The Bertz CT molecular complexity index is 215. The fourth-order valence-electron chi connectivity index (χ4n) is 0.965. The van der Waals surface area contributed by atoms with Gasteiger partial charge in [0.25, 0.3) is 5.91 Å². The van der Waals surface area contributed by atoms with Crippen LogP contribution in [-0.4, -0.2) is 44.2 Å². The molecule has 0 saturated carbocycles. The predicted molar refractivity (Wildman–Crippen MR) is 56.1 cm³/mol. The number of ether oxygens (including phenoxy) is 1. The van der Waals surface area contributed by atoms with E-state index in [-0.39, 0.29) is 30.9 Å². The van der Waals surface area contributed by atoms with Gasteiger partial charge in [0.05, 0.1) is 6.54 Å². The minimum absolute atomic E-state index is 0.0575. The molecule has 0 heterocycles. The molecule has 0 spiro atoms. The molecule has 0 aliphatic carbocycles. The van der Waals surface area contributed by atoms with Crippen molar-refractivity contribution in [3.8, 4) is 0 Å². The molecule has 2 amide bonds. The van der Waals surface area contributed by atoms with Crippen molar-refractivity contribution in [2.24, 2.45) is 5.73 Å². The Labute approximate surface area is 89.5 Å². The summed E-state index contributed by atoms with van der Waals surface area (Å²) >= 11 is 0. The second kappa shape index (κ2) is 7.19. The molecular weight excluding hydrogens is 198 g/mol. The molecule has 0 saturated heterocycles. The van der Waals surface area contributed by atoms with Gasteiger partial charge in [-0.15, -0.1) is 0 Å². The molecule has 0 aromatic carbocycles. The summed E-state index contributed by atoms with van der Waals surface area (Å²) in [5, 5.41) is 5.08. The van der Waals surface area contributed by atoms with Crippen molar-refractivity contribution in [1.29, 1.82) is 0 Å². The fraction of sp³-hybridized carbons (Fsp3) is 0.778. The lowest BCUT2D eigenvalue weighted by molar-refractivity contribution is -0.132. The number of amides is 2. The Balaban J connectivity index is 3.84. The number of carbonyl (C=O) groups excluding carboxylic acids is 2. The summed E-state index contributed by atoms with van der Waals surface area (Å²) in [7, 11) is 1.39. The number of hydrogen-bond acceptors (Lipinski definition) is 4. The third-order valence-electron chi connectivity index (χ3n) is 1.66. The zero-order valence-electron chi connectivity index (χ0n) is 9.37. The molecule has 1 unspecified atom stereocenters. The molecule has 88 valence electrons. The summed E-state index contributed by atoms with van der Waals surface area (Å²) in [6.07, 6.45) is -0.697. The van der Waals surface area contributed by atoms with Gasteiger partial charge in [-0.3, -0.25) is 9.59 Å². The normalized spacial score (nSPS) is 12.3. The van der Waals surface area contributed by atoms with Crippen LogP contribution in [-0.2, 0) is 14.3 Å². The monoisotopic (exact) mass is 217 g/mol. The highest BCUT2D eigenvalue weighted by Crippen LogP contribution is 1.86. The van der Waals surface area contributed by atoms with Gasteiger partial charge in [0.1, 0.15) is 6.10 Å². The van der Waals surface area contributed by atoms with Gasteiger partial charge in [0.15, 0.2) is 0 Å². The van der Waals surface area contributed by atoms with E-state index in [4.69, 9.17) is 10.5 Å². The van der Waals surface area contributed by atoms with Crippen LogP contribution in [0.1, 0.15) is 13.8 Å². The molecule has 0 aromatic heterocycles. The summed E-state index contributed by atoms with van der Waals surface area (Å²) < 4.78 is 4.81. The van der Waals surface area contributed by atoms with Crippen LogP contribution in [0.4, 0.5) is 0 Å². The summed E-state index contributed by atoms with van der Waals surface area (Å²) in [6, 6.07) is 0.0575. The lowest BCUT2D eigenvalue weighted by atomic mass is 10.3. The quantitative estimate of drug-likeness (QED) is 0.510. The van der Waals surface area contributed by atoms with Gasteiger partial charge in [0.2, 0.25) is 5.91 Å². The van der Waals surface area contributed by atoms with Gasteiger partial charge in [-0.05, 0) is 13.8 Å². The minimum atomic E-state index is -0.697. The SMILES string of the molecule is COC(CN)C(=O)NCC(=O)NC(C)C. The third-order valence-corrected chi connectivity index (χ3v) is 1.66. The molecule has 15 heavy (non-hydrogen) atoms. The van der Waals surface area contributed by atoms with Crippen LogP contribution in [0.15, 0.2) is 0 Å². The summed E-state index contributed by atoms with van der Waals surface area (Å²) in [5.74, 6) is -0.607. The maximum atomic E-state index is 11.3. The molecular formula is C9H19N3O3. The van der Waals surface area contributed by atoms with E-state index in [2.05, 4.69) is 10.6 Å². The van der Waals surface area contributed by atoms with Crippen molar-refractivity contribution in [1.82, 2.24) is 10.6 Å². The Morgan fingerprint density at radius 1 is 1.40 bits per heavy atom. The Kier molecular flexibility index (Phi) is 6.64. The smallest absolute Gasteiger partial charge is 0.250 e. The van der Waals surface area contributed by atoms with Gasteiger partial charge in [-0.2, -0.15) is 0 Å². The van der Waals surface area contributed by atoms with Gasteiger partial charge < -0.3 is 21.1 Å². The number of nitrogens with two attached hydrogens (primary N) is 1. The topological polar surface area (TPSA) is 93.4 Å². The standard InChI is InChI=1S/C9H19N3O3/c1-6(2)12-8(13)5-11-9(14)7(4-10)15-3/h6-7H,4-5,10H2,1-3H3,(H,11,14)(H,12,13). The van der Waals surface area contributed by atoms with Crippen molar-refractivity contribution >= 4 is 11.8 Å². The average molecular weight is 217 g/mol. The molecule has 0 bridgehead atoms. The number of methoxy groups -OCH3 is 1. The molecule has 0 radical (unpaired) electrons. The van der Waals surface area contributed by atoms with Crippen molar-refractivity contribution in [3.05, 3.63) is 0 Å². The number of carbonyl (C=O) groups is 2. The van der Waals surface area contributed by atoms with Crippen LogP contribution < -0.4 is 16.4 Å². The Hall–Kier alpha value is -1.14. The van der Waals surface area contributed by atoms with Crippen LogP contribution in [0.2, 0.25) is 0 Å². The van der Waals surface area contributed by atoms with Crippen molar-refractivity contribution in [3.63, 3.8) is 0 Å². The Morgan fingerprint density at radius 3 is 2.40 bits per heavy atom. The van der Waals surface area contributed by atoms with Crippen molar-refractivity contribution < 1.29 is 14.3 Å². The van der Waals surface area contributed by atoms with E-state index in [1.807, 2.05) is 13.8 Å². The van der Waals surface area contributed by atoms with E-state index < -0.39 is 6.10 Å². The van der Waals surface area contributed by atoms with E-state index in [0.717, 1.165) is 0 Å². The molecule has 4 N–H and O–H groups in total. The lowest BCUT2D eigenvalue weighted by Gasteiger charge is -2.13. The number of rotatable bonds is 6. The first-order chi connectivity index (χ1) is 7.01. The molecule has 6 nitrogen and oxygen atoms in total. The van der Waals surface area contributed by atoms with Gasteiger partial charge in [-0.1, -0.05) is 0 Å². The van der Waals surface area contributed by atoms with E-state index in [9.17, 15) is 9.59 Å². The molecule has 0 aliphatic heterocycles. The van der Waals surface area contributed by atoms with E-state index in [0.29, 0.717) is 0 Å². The second-order valence-corrected chi connectivity index (χ2v) is 3.40. The molecule has 0 fully saturated rings. The van der Waals surface area contributed by atoms with E-state index >= 15 is 0 Å². The summed E-state index contributed by atoms with van der Waals surface area (Å²) in [6.45, 7) is 3.72. The van der Waals surface area contributed by atoms with Gasteiger partial charge >= 0.3 is 0 Å². The molecule has 0 rings (SSSR count). The second-order valence-electron chi connectivity index (χ2n) is 3.40. The number of nitrogens with one attached hydrogen (secondary N) is 2. The van der Waals surface area contributed by atoms with Gasteiger partial charge in [-0.25, -0.2) is 0 Å². The highest BCUT2D eigenvalue weighted by atomic mass is 16.5. The highest BCUT2D eigenvalue weighted by Gasteiger charge is 2.16. The van der Waals surface area contributed by atoms with Crippen LogP contribution in [0, 0.1) is 0 Å². The average Bonchev–Trinajstić information content (AvgIpc) is 2.15. The first kappa shape index (κ1) is 13.9. The van der Waals surface area contributed by atoms with Crippen LogP contribution in [0.3, 0.4) is 0 Å². The maximum absolute atomic E-state index is 11.3. The Morgan fingerprint density at radius 2 is 2.00 bits per heavy atom. The zero-order valence-corrected chi connectivity index (χ0v) is 9.37. The lowest BCUT2D eigenvalue weighted by Crippen LogP contribution is -2.45. The molecule has 0 aliphatic rings. The van der Waals surface area contributed by atoms with Crippen LogP contribution >= 0.6 is 0 Å². The van der Waals surface area contributed by atoms with E-state index in [1.165, 1.54) is 7.11 Å². The van der Waals surface area contributed by atoms with Crippen molar-refractivity contribution in [2.75, 3.05) is 20.2 Å². The fourth-order valence-corrected chi connectivity index (χ4v) is 0.965. The largest absolute Gasteiger partial charge is 0.370 e. The maximum Gasteiger partial charge on any atom is 0.250 e. The molecule has 0 aromatic rings. The van der Waals surface area contributed by atoms with E-state index in [1.54, 1.807) is 0 Å². The minimum Gasteiger partial charge on any atom is -0.370 e. The van der Waals surface area contributed by atoms with Crippen molar-refractivity contribution in [2.45, 2.75) is 26.0 Å². The third kappa shape index (κ3) is 6.03. The summed E-state index contributed by atoms with van der Waals surface area (Å²) in [4.78, 5) is 22.5. The summed E-state index contributed by atoms with van der Waals surface area (Å²) in [5.41, 5.74) is 5.28. The first-order valence-electron chi connectivity index (χ1n) is 4.81. The molecule has 6 heteroatoms. The van der Waals surface area contributed by atoms with Crippen LogP contribution in [0.25, 0.3) is 0 Å². The zero-order chi connectivity index (χ0) is 11.8. The first-order valence-corrected chi connectivity index (χ1v) is 4.81. The number of hydrogen-bond donors (Lipinski definition) is 3. The van der Waals surface area contributed by atoms with Crippen LogP contribution in [0.5, 0.6) is 0 Å². The van der Waals surface area contributed by atoms with Gasteiger partial charge in [0, 0.05) is 19.7 Å². The highest BCUT2D eigenvalue weighted by molar-refractivity contribution is 5.87. The predicted octanol–water partition coefficient (Wildman–Crippen LogP) is -1.40. The molecule has 1 atom stereocenters.